The lowest BCUT2D eigenvalue weighted by Crippen LogP contribution is -2.24. The van der Waals surface area contributed by atoms with Crippen molar-refractivity contribution >= 4 is 23.4 Å². The van der Waals surface area contributed by atoms with Gasteiger partial charge < -0.3 is 5.32 Å². The quantitative estimate of drug-likeness (QED) is 0.808. The van der Waals surface area contributed by atoms with Crippen LogP contribution in [0.2, 0.25) is 5.02 Å². The summed E-state index contributed by atoms with van der Waals surface area (Å²) >= 11 is 8.07. The fourth-order valence-electron chi connectivity index (χ4n) is 2.18. The molecule has 0 spiro atoms. The number of benzene rings is 1. The van der Waals surface area contributed by atoms with Gasteiger partial charge in [0.1, 0.15) is 0 Å². The molecule has 2 atom stereocenters. The van der Waals surface area contributed by atoms with Crippen LogP contribution >= 0.6 is 23.4 Å². The second-order valence-electron chi connectivity index (χ2n) is 4.10. The average Bonchev–Trinajstić information content (AvgIpc) is 2.36. The van der Waals surface area contributed by atoms with Crippen LogP contribution < -0.4 is 5.32 Å². The molecule has 1 aliphatic rings. The topological polar surface area (TPSA) is 12.0 Å². The van der Waals surface area contributed by atoms with Gasteiger partial charge in [-0.25, -0.2) is 0 Å². The van der Waals surface area contributed by atoms with Gasteiger partial charge in [-0.15, -0.1) is 0 Å². The Morgan fingerprint density at radius 2 is 2.27 bits per heavy atom. The van der Waals surface area contributed by atoms with E-state index in [1.165, 1.54) is 16.9 Å². The van der Waals surface area contributed by atoms with Gasteiger partial charge in [-0.3, -0.25) is 0 Å². The van der Waals surface area contributed by atoms with Crippen LogP contribution in [0.25, 0.3) is 0 Å². The minimum absolute atomic E-state index is 0.439. The summed E-state index contributed by atoms with van der Waals surface area (Å²) in [5.41, 5.74) is 2.80. The summed E-state index contributed by atoms with van der Waals surface area (Å²) in [5.74, 6) is 2.96. The molecular formula is C12H16ClNS. The van der Waals surface area contributed by atoms with E-state index in [2.05, 4.69) is 24.4 Å². The molecule has 1 aromatic rings. The molecule has 0 fully saturated rings. The summed E-state index contributed by atoms with van der Waals surface area (Å²) in [6.07, 6.45) is 0. The Morgan fingerprint density at radius 1 is 1.47 bits per heavy atom. The van der Waals surface area contributed by atoms with Crippen LogP contribution in [0.3, 0.4) is 0 Å². The summed E-state index contributed by atoms with van der Waals surface area (Å²) in [7, 11) is 2.03. The Bertz CT molecular complexity index is 353. The first-order valence-electron chi connectivity index (χ1n) is 5.25. The van der Waals surface area contributed by atoms with Gasteiger partial charge in [-0.1, -0.05) is 24.6 Å². The SMILES string of the molecule is CNC1c2cc(Cl)ccc2CSCC1C. The standard InChI is InChI=1S/C12H16ClNS/c1-8-6-15-7-9-3-4-10(13)5-11(9)12(8)14-2/h3-5,8,12,14H,6-7H2,1-2H3. The highest BCUT2D eigenvalue weighted by Crippen LogP contribution is 2.35. The first-order chi connectivity index (χ1) is 7.22. The highest BCUT2D eigenvalue weighted by Gasteiger charge is 2.23. The normalized spacial score (nSPS) is 25.8. The fraction of sp³-hybridized carbons (Fsp3) is 0.500. The molecule has 15 heavy (non-hydrogen) atoms. The van der Waals surface area contributed by atoms with Gasteiger partial charge in [0.2, 0.25) is 0 Å². The van der Waals surface area contributed by atoms with Gasteiger partial charge in [0.25, 0.3) is 0 Å². The van der Waals surface area contributed by atoms with Crippen molar-refractivity contribution in [2.45, 2.75) is 18.7 Å². The average molecular weight is 242 g/mol. The van der Waals surface area contributed by atoms with Crippen molar-refractivity contribution < 1.29 is 0 Å². The monoisotopic (exact) mass is 241 g/mol. The number of nitrogens with one attached hydrogen (secondary N) is 1. The first-order valence-corrected chi connectivity index (χ1v) is 6.79. The molecule has 0 aromatic heterocycles. The van der Waals surface area contributed by atoms with Gasteiger partial charge >= 0.3 is 0 Å². The van der Waals surface area contributed by atoms with E-state index in [4.69, 9.17) is 11.6 Å². The predicted molar refractivity (Wildman–Crippen MR) is 68.6 cm³/mol. The molecule has 1 heterocycles. The molecule has 3 heteroatoms. The lowest BCUT2D eigenvalue weighted by atomic mass is 9.93. The van der Waals surface area contributed by atoms with E-state index >= 15 is 0 Å². The predicted octanol–water partition coefficient (Wildman–Crippen LogP) is 3.48. The third-order valence-electron chi connectivity index (χ3n) is 2.96. The summed E-state index contributed by atoms with van der Waals surface area (Å²) in [6, 6.07) is 6.70. The molecule has 0 saturated heterocycles. The molecule has 2 rings (SSSR count). The first kappa shape index (κ1) is 11.3. The molecule has 82 valence electrons. The lowest BCUT2D eigenvalue weighted by Gasteiger charge is -2.22. The van der Waals surface area contributed by atoms with E-state index in [-0.39, 0.29) is 0 Å². The van der Waals surface area contributed by atoms with Gasteiger partial charge in [0, 0.05) is 16.8 Å². The van der Waals surface area contributed by atoms with E-state index in [1.807, 2.05) is 24.9 Å². The van der Waals surface area contributed by atoms with E-state index in [0.717, 1.165) is 10.8 Å². The Kier molecular flexibility index (Phi) is 3.60. The van der Waals surface area contributed by atoms with Crippen molar-refractivity contribution in [1.29, 1.82) is 0 Å². The van der Waals surface area contributed by atoms with Gasteiger partial charge in [-0.05, 0) is 42.0 Å². The Balaban J connectivity index is 2.44. The molecule has 1 aromatic carbocycles. The number of fused-ring (bicyclic) bond motifs is 1. The van der Waals surface area contributed by atoms with Crippen molar-refractivity contribution in [3.63, 3.8) is 0 Å². The molecule has 0 aliphatic carbocycles. The minimum atomic E-state index is 0.439. The molecular weight excluding hydrogens is 226 g/mol. The summed E-state index contributed by atoms with van der Waals surface area (Å²) in [6.45, 7) is 2.30. The number of rotatable bonds is 1. The molecule has 1 nitrogen and oxygen atoms in total. The Labute approximate surface area is 101 Å². The smallest absolute Gasteiger partial charge is 0.0409 e. The number of hydrogen-bond acceptors (Lipinski definition) is 2. The third kappa shape index (κ3) is 2.32. The zero-order chi connectivity index (χ0) is 10.8. The van der Waals surface area contributed by atoms with Crippen molar-refractivity contribution in [3.05, 3.63) is 34.3 Å². The zero-order valence-corrected chi connectivity index (χ0v) is 10.7. The van der Waals surface area contributed by atoms with Crippen molar-refractivity contribution in [2.24, 2.45) is 5.92 Å². The van der Waals surface area contributed by atoms with Crippen LogP contribution in [0, 0.1) is 5.92 Å². The van der Waals surface area contributed by atoms with E-state index in [0.29, 0.717) is 12.0 Å². The largest absolute Gasteiger partial charge is 0.313 e. The number of hydrogen-bond donors (Lipinski definition) is 1. The Morgan fingerprint density at radius 3 is 3.00 bits per heavy atom. The van der Waals surface area contributed by atoms with Gasteiger partial charge in [0.15, 0.2) is 0 Å². The summed E-state index contributed by atoms with van der Waals surface area (Å²) in [5, 5.41) is 4.25. The molecule has 0 saturated carbocycles. The van der Waals surface area contributed by atoms with Crippen molar-refractivity contribution in [1.82, 2.24) is 5.32 Å². The van der Waals surface area contributed by atoms with Crippen LogP contribution in [-0.4, -0.2) is 12.8 Å². The van der Waals surface area contributed by atoms with Gasteiger partial charge in [0.05, 0.1) is 0 Å². The highest BCUT2D eigenvalue weighted by molar-refractivity contribution is 7.98. The molecule has 0 amide bonds. The highest BCUT2D eigenvalue weighted by atomic mass is 35.5. The van der Waals surface area contributed by atoms with Crippen LogP contribution in [0.4, 0.5) is 0 Å². The minimum Gasteiger partial charge on any atom is -0.313 e. The molecule has 2 unspecified atom stereocenters. The van der Waals surface area contributed by atoms with E-state index < -0.39 is 0 Å². The fourth-order valence-corrected chi connectivity index (χ4v) is 3.53. The number of halogens is 1. The van der Waals surface area contributed by atoms with Crippen LogP contribution in [0.1, 0.15) is 24.1 Å². The maximum absolute atomic E-state index is 6.07. The molecule has 0 radical (unpaired) electrons. The Hall–Kier alpha value is -0.180. The lowest BCUT2D eigenvalue weighted by molar-refractivity contribution is 0.450. The maximum atomic E-state index is 6.07. The third-order valence-corrected chi connectivity index (χ3v) is 4.47. The molecule has 0 bridgehead atoms. The molecule has 1 aliphatic heterocycles. The van der Waals surface area contributed by atoms with Crippen LogP contribution in [0.5, 0.6) is 0 Å². The molecule has 1 N–H and O–H groups in total. The second kappa shape index (κ2) is 4.77. The van der Waals surface area contributed by atoms with Gasteiger partial charge in [-0.2, -0.15) is 11.8 Å². The summed E-state index contributed by atoms with van der Waals surface area (Å²) < 4.78 is 0. The van der Waals surface area contributed by atoms with Crippen molar-refractivity contribution in [3.8, 4) is 0 Å². The number of thioether (sulfide) groups is 1. The maximum Gasteiger partial charge on any atom is 0.0409 e. The van der Waals surface area contributed by atoms with E-state index in [9.17, 15) is 0 Å². The second-order valence-corrected chi connectivity index (χ2v) is 5.57. The van der Waals surface area contributed by atoms with Crippen molar-refractivity contribution in [2.75, 3.05) is 12.8 Å². The van der Waals surface area contributed by atoms with Crippen LogP contribution in [-0.2, 0) is 5.75 Å². The summed E-state index contributed by atoms with van der Waals surface area (Å²) in [4.78, 5) is 0. The van der Waals surface area contributed by atoms with Crippen LogP contribution in [0.15, 0.2) is 18.2 Å². The zero-order valence-electron chi connectivity index (χ0n) is 9.09. The van der Waals surface area contributed by atoms with E-state index in [1.54, 1.807) is 0 Å².